The van der Waals surface area contributed by atoms with Crippen LogP contribution in [0.3, 0.4) is 0 Å². The Bertz CT molecular complexity index is 476. The van der Waals surface area contributed by atoms with E-state index in [4.69, 9.17) is 16.7 Å². The second kappa shape index (κ2) is 6.57. The SMILES string of the molecule is CC(C(=O)O)C(C)C(=O)N(C)Cc1ccccc1Cl. The van der Waals surface area contributed by atoms with Gasteiger partial charge in [-0.1, -0.05) is 43.6 Å². The molecule has 1 aromatic carbocycles. The van der Waals surface area contributed by atoms with E-state index in [-0.39, 0.29) is 5.91 Å². The summed E-state index contributed by atoms with van der Waals surface area (Å²) in [5.41, 5.74) is 0.843. The van der Waals surface area contributed by atoms with Crippen LogP contribution in [0.1, 0.15) is 19.4 Å². The predicted octanol–water partition coefficient (Wildman–Crippen LogP) is 2.66. The van der Waals surface area contributed by atoms with E-state index in [9.17, 15) is 9.59 Å². The molecule has 1 aromatic rings. The van der Waals surface area contributed by atoms with Gasteiger partial charge in [-0.2, -0.15) is 0 Å². The lowest BCUT2D eigenvalue weighted by atomic mass is 9.95. The molecule has 4 nitrogen and oxygen atoms in total. The van der Waals surface area contributed by atoms with Crippen molar-refractivity contribution in [2.24, 2.45) is 11.8 Å². The third kappa shape index (κ3) is 3.96. The van der Waals surface area contributed by atoms with Crippen molar-refractivity contribution in [1.29, 1.82) is 0 Å². The Labute approximate surface area is 118 Å². The largest absolute Gasteiger partial charge is 0.481 e. The summed E-state index contributed by atoms with van der Waals surface area (Å²) in [4.78, 5) is 24.5. The molecule has 0 saturated carbocycles. The molecular weight excluding hydrogens is 266 g/mol. The van der Waals surface area contributed by atoms with Crippen molar-refractivity contribution in [3.8, 4) is 0 Å². The van der Waals surface area contributed by atoms with Gasteiger partial charge < -0.3 is 10.0 Å². The fraction of sp³-hybridized carbons (Fsp3) is 0.429. The highest BCUT2D eigenvalue weighted by Crippen LogP contribution is 2.19. The van der Waals surface area contributed by atoms with Crippen molar-refractivity contribution < 1.29 is 14.7 Å². The first-order valence-corrected chi connectivity index (χ1v) is 6.43. The highest BCUT2D eigenvalue weighted by molar-refractivity contribution is 6.31. The van der Waals surface area contributed by atoms with Crippen LogP contribution in [0.15, 0.2) is 24.3 Å². The fourth-order valence-corrected chi connectivity index (χ4v) is 1.93. The molecule has 0 aliphatic heterocycles. The number of hydrogen-bond acceptors (Lipinski definition) is 2. The molecule has 0 fully saturated rings. The fourth-order valence-electron chi connectivity index (χ4n) is 1.74. The molecule has 2 unspecified atom stereocenters. The second-order valence-corrected chi connectivity index (χ2v) is 5.11. The van der Waals surface area contributed by atoms with Crippen LogP contribution in [0, 0.1) is 11.8 Å². The van der Waals surface area contributed by atoms with E-state index < -0.39 is 17.8 Å². The number of aliphatic carboxylic acids is 1. The molecule has 0 aromatic heterocycles. The maximum atomic E-state index is 12.1. The Morgan fingerprint density at radius 2 is 1.84 bits per heavy atom. The van der Waals surface area contributed by atoms with Gasteiger partial charge in [0.15, 0.2) is 0 Å². The summed E-state index contributed by atoms with van der Waals surface area (Å²) in [7, 11) is 1.65. The molecule has 0 radical (unpaired) electrons. The van der Waals surface area contributed by atoms with Crippen LogP contribution >= 0.6 is 11.6 Å². The summed E-state index contributed by atoms with van der Waals surface area (Å²) < 4.78 is 0. The second-order valence-electron chi connectivity index (χ2n) is 4.70. The van der Waals surface area contributed by atoms with Gasteiger partial charge in [0.25, 0.3) is 0 Å². The number of rotatable bonds is 5. The highest BCUT2D eigenvalue weighted by atomic mass is 35.5. The monoisotopic (exact) mass is 283 g/mol. The van der Waals surface area contributed by atoms with Crippen LogP contribution in [0.5, 0.6) is 0 Å². The van der Waals surface area contributed by atoms with Crippen molar-refractivity contribution in [2.45, 2.75) is 20.4 Å². The van der Waals surface area contributed by atoms with E-state index in [1.54, 1.807) is 20.0 Å². The Kier molecular flexibility index (Phi) is 5.36. The van der Waals surface area contributed by atoms with Gasteiger partial charge in [0.05, 0.1) is 5.92 Å². The zero-order valence-electron chi connectivity index (χ0n) is 11.3. The smallest absolute Gasteiger partial charge is 0.307 e. The van der Waals surface area contributed by atoms with Crippen LogP contribution in [0.2, 0.25) is 5.02 Å². The Balaban J connectivity index is 2.73. The summed E-state index contributed by atoms with van der Waals surface area (Å²) in [6, 6.07) is 7.28. The molecule has 0 bridgehead atoms. The number of benzene rings is 1. The number of carbonyl (C=O) groups excluding carboxylic acids is 1. The van der Waals surface area contributed by atoms with Gasteiger partial charge >= 0.3 is 5.97 Å². The topological polar surface area (TPSA) is 57.6 Å². The van der Waals surface area contributed by atoms with Gasteiger partial charge in [-0.3, -0.25) is 9.59 Å². The third-order valence-electron chi connectivity index (χ3n) is 3.27. The van der Waals surface area contributed by atoms with E-state index in [2.05, 4.69) is 0 Å². The highest BCUT2D eigenvalue weighted by Gasteiger charge is 2.28. The van der Waals surface area contributed by atoms with Gasteiger partial charge in [-0.25, -0.2) is 0 Å². The number of carbonyl (C=O) groups is 2. The number of carboxylic acid groups (broad SMARTS) is 1. The van der Waals surface area contributed by atoms with Crippen molar-refractivity contribution in [2.75, 3.05) is 7.05 Å². The first-order valence-electron chi connectivity index (χ1n) is 6.05. The standard InChI is InChI=1S/C14H18ClNO3/c1-9(10(2)14(18)19)13(17)16(3)8-11-6-4-5-7-12(11)15/h4-7,9-10H,8H2,1-3H3,(H,18,19). The van der Waals surface area contributed by atoms with Gasteiger partial charge in [0.1, 0.15) is 0 Å². The van der Waals surface area contributed by atoms with Gasteiger partial charge in [-0.15, -0.1) is 0 Å². The summed E-state index contributed by atoms with van der Waals surface area (Å²) in [6.07, 6.45) is 0. The zero-order valence-corrected chi connectivity index (χ0v) is 12.0. The van der Waals surface area contributed by atoms with Gasteiger partial charge in [0.2, 0.25) is 5.91 Å². The minimum absolute atomic E-state index is 0.199. The predicted molar refractivity (Wildman–Crippen MR) is 73.9 cm³/mol. The summed E-state index contributed by atoms with van der Waals surface area (Å²) >= 11 is 6.03. The molecule has 2 atom stereocenters. The maximum absolute atomic E-state index is 12.1. The first-order chi connectivity index (χ1) is 8.84. The van der Waals surface area contributed by atoms with Gasteiger partial charge in [0, 0.05) is 24.5 Å². The third-order valence-corrected chi connectivity index (χ3v) is 3.64. The van der Waals surface area contributed by atoms with Crippen molar-refractivity contribution in [3.63, 3.8) is 0 Å². The zero-order chi connectivity index (χ0) is 14.6. The first kappa shape index (κ1) is 15.5. The molecule has 19 heavy (non-hydrogen) atoms. The van der Waals surface area contributed by atoms with Crippen LogP contribution < -0.4 is 0 Å². The molecule has 1 rings (SSSR count). The quantitative estimate of drug-likeness (QED) is 0.904. The van der Waals surface area contributed by atoms with Crippen LogP contribution in [0.25, 0.3) is 0 Å². The average molecular weight is 284 g/mol. The minimum atomic E-state index is -0.966. The molecule has 1 N–H and O–H groups in total. The number of halogens is 1. The molecule has 0 saturated heterocycles. The van der Waals surface area contributed by atoms with E-state index in [1.165, 1.54) is 11.8 Å². The lowest BCUT2D eigenvalue weighted by molar-refractivity contribution is -0.148. The van der Waals surface area contributed by atoms with E-state index >= 15 is 0 Å². The van der Waals surface area contributed by atoms with E-state index in [0.717, 1.165) is 5.56 Å². The Morgan fingerprint density at radius 3 is 2.37 bits per heavy atom. The summed E-state index contributed by atoms with van der Waals surface area (Å²) in [6.45, 7) is 3.54. The molecule has 0 spiro atoms. The molecule has 1 amide bonds. The average Bonchev–Trinajstić information content (AvgIpc) is 2.38. The number of amides is 1. The lowest BCUT2D eigenvalue weighted by Crippen LogP contribution is -2.36. The molecule has 0 aliphatic carbocycles. The molecule has 0 aliphatic rings. The maximum Gasteiger partial charge on any atom is 0.307 e. The van der Waals surface area contributed by atoms with Crippen LogP contribution in [-0.2, 0) is 16.1 Å². The Morgan fingerprint density at radius 1 is 1.26 bits per heavy atom. The van der Waals surface area contributed by atoms with E-state index in [1.807, 2.05) is 18.2 Å². The number of nitrogens with zero attached hydrogens (tertiary/aromatic N) is 1. The molecular formula is C14H18ClNO3. The van der Waals surface area contributed by atoms with E-state index in [0.29, 0.717) is 11.6 Å². The molecule has 104 valence electrons. The van der Waals surface area contributed by atoms with Gasteiger partial charge in [-0.05, 0) is 11.6 Å². The lowest BCUT2D eigenvalue weighted by Gasteiger charge is -2.24. The minimum Gasteiger partial charge on any atom is -0.481 e. The molecule has 0 heterocycles. The normalized spacial score (nSPS) is 13.7. The van der Waals surface area contributed by atoms with Crippen LogP contribution in [-0.4, -0.2) is 28.9 Å². The van der Waals surface area contributed by atoms with Crippen molar-refractivity contribution in [3.05, 3.63) is 34.9 Å². The molecule has 5 heteroatoms. The summed E-state index contributed by atoms with van der Waals surface area (Å²) in [5, 5.41) is 9.52. The Hall–Kier alpha value is -1.55. The van der Waals surface area contributed by atoms with Crippen LogP contribution in [0.4, 0.5) is 0 Å². The summed E-state index contributed by atoms with van der Waals surface area (Å²) in [5.74, 6) is -2.44. The number of hydrogen-bond donors (Lipinski definition) is 1. The van der Waals surface area contributed by atoms with Crippen molar-refractivity contribution in [1.82, 2.24) is 4.90 Å². The van der Waals surface area contributed by atoms with Crippen molar-refractivity contribution >= 4 is 23.5 Å². The number of carboxylic acids is 1.